The maximum absolute atomic E-state index is 10.4. The molecule has 0 unspecified atom stereocenters. The third kappa shape index (κ3) is 156. The summed E-state index contributed by atoms with van der Waals surface area (Å²) in [5.74, 6) is 0. The standard InChI is InChI=1S/FH2O3P.GeH4/c1-5(2,3)4;/h(H2,2,3,4);1H4. The quantitative estimate of drug-likeness (QED) is 0.353. The van der Waals surface area contributed by atoms with Crippen molar-refractivity contribution in [2.24, 2.45) is 0 Å². The SMILES string of the molecule is O=P(O)(O)F.[GeH4]. The van der Waals surface area contributed by atoms with Gasteiger partial charge in [0.05, 0.1) is 0 Å². The van der Waals surface area contributed by atoms with Crippen LogP contribution in [0.4, 0.5) is 4.20 Å². The fraction of sp³-hybridized carbons (Fsp3) is 0. The van der Waals surface area contributed by atoms with Gasteiger partial charge in [-0.2, -0.15) is 0 Å². The average molecular weight is 177 g/mol. The number of hydrogen-bond acceptors (Lipinski definition) is 1. The van der Waals surface area contributed by atoms with Gasteiger partial charge >= 0.3 is 25.5 Å². The molecular weight excluding hydrogens is 171 g/mol. The van der Waals surface area contributed by atoms with E-state index in [-0.39, 0.29) is 17.6 Å². The summed E-state index contributed by atoms with van der Waals surface area (Å²) in [6, 6.07) is 0. The molecule has 0 heterocycles. The Bertz CT molecular complexity index is 56.9. The van der Waals surface area contributed by atoms with Crippen LogP contribution in [0.2, 0.25) is 0 Å². The van der Waals surface area contributed by atoms with E-state index < -0.39 is 7.91 Å². The van der Waals surface area contributed by atoms with Crippen LogP contribution >= 0.6 is 7.91 Å². The van der Waals surface area contributed by atoms with Crippen molar-refractivity contribution in [3.63, 3.8) is 0 Å². The molecule has 3 nitrogen and oxygen atoms in total. The molecule has 0 saturated carbocycles. The van der Waals surface area contributed by atoms with Gasteiger partial charge in [0.1, 0.15) is 0 Å². The van der Waals surface area contributed by atoms with Gasteiger partial charge in [-0.15, -0.1) is 4.20 Å². The first-order valence-electron chi connectivity index (χ1n) is 0.752. The molecule has 6 heavy (non-hydrogen) atoms. The van der Waals surface area contributed by atoms with Crippen LogP contribution in [-0.2, 0) is 4.57 Å². The number of rotatable bonds is 0. The van der Waals surface area contributed by atoms with Gasteiger partial charge in [-0.3, -0.25) is 9.79 Å². The van der Waals surface area contributed by atoms with E-state index in [0.717, 1.165) is 0 Å². The summed E-state index contributed by atoms with van der Waals surface area (Å²) in [6.45, 7) is 0. The molecule has 0 aromatic carbocycles. The molecule has 0 aliphatic rings. The summed E-state index contributed by atoms with van der Waals surface area (Å²) < 4.78 is 19.0. The molecule has 2 N–H and O–H groups in total. The van der Waals surface area contributed by atoms with E-state index in [0.29, 0.717) is 0 Å². The Kier molecular flexibility index (Phi) is 4.47. The van der Waals surface area contributed by atoms with Gasteiger partial charge < -0.3 is 0 Å². The van der Waals surface area contributed by atoms with E-state index >= 15 is 0 Å². The molecule has 0 spiro atoms. The molecule has 0 aliphatic carbocycles. The predicted molar refractivity (Wildman–Crippen MR) is 24.5 cm³/mol. The van der Waals surface area contributed by atoms with Gasteiger partial charge in [-0.25, -0.2) is 4.57 Å². The van der Waals surface area contributed by atoms with Crippen molar-refractivity contribution in [2.75, 3.05) is 0 Å². The first-order valence-corrected chi connectivity index (χ1v) is 2.25. The Morgan fingerprint density at radius 3 is 1.50 bits per heavy atom. The van der Waals surface area contributed by atoms with Crippen LogP contribution in [0.3, 0.4) is 0 Å². The Morgan fingerprint density at radius 1 is 1.50 bits per heavy atom. The second-order valence-electron chi connectivity index (χ2n) is 0.473. The van der Waals surface area contributed by atoms with Gasteiger partial charge in [0.2, 0.25) is 0 Å². The minimum absolute atomic E-state index is 0. The Balaban J connectivity index is 0. The molecule has 40 valence electrons. The number of hydrogen-bond donors (Lipinski definition) is 2. The molecule has 0 rings (SSSR count). The second kappa shape index (κ2) is 2.74. The van der Waals surface area contributed by atoms with Crippen molar-refractivity contribution >= 4 is 25.5 Å². The maximum atomic E-state index is 10.4. The summed E-state index contributed by atoms with van der Waals surface area (Å²) in [6.07, 6.45) is 0. The van der Waals surface area contributed by atoms with Gasteiger partial charge in [0.15, 0.2) is 0 Å². The van der Waals surface area contributed by atoms with Crippen LogP contribution in [0, 0.1) is 0 Å². The summed E-state index contributed by atoms with van der Waals surface area (Å²) in [7, 11) is -5.14. The topological polar surface area (TPSA) is 57.5 Å². The molecule has 0 radical (unpaired) electrons. The molecule has 0 amide bonds. The van der Waals surface area contributed by atoms with Crippen molar-refractivity contribution in [1.82, 2.24) is 0 Å². The van der Waals surface area contributed by atoms with E-state index in [1.807, 2.05) is 0 Å². The molecule has 0 aromatic rings. The molecule has 0 fully saturated rings. The van der Waals surface area contributed by atoms with Crippen molar-refractivity contribution in [1.29, 1.82) is 0 Å². The monoisotopic (exact) mass is 178 g/mol. The first kappa shape index (κ1) is 9.80. The first-order chi connectivity index (χ1) is 2.00. The molecule has 0 aliphatic heterocycles. The van der Waals surface area contributed by atoms with Crippen LogP contribution in [0.15, 0.2) is 0 Å². The Labute approximate surface area is 44.8 Å². The molecule has 0 saturated heterocycles. The van der Waals surface area contributed by atoms with E-state index in [9.17, 15) is 4.20 Å². The fourth-order valence-corrected chi connectivity index (χ4v) is 0. The van der Waals surface area contributed by atoms with Crippen LogP contribution in [-0.4, -0.2) is 27.4 Å². The van der Waals surface area contributed by atoms with Crippen molar-refractivity contribution in [2.45, 2.75) is 0 Å². The van der Waals surface area contributed by atoms with Gasteiger partial charge in [-0.1, -0.05) is 0 Å². The molecule has 0 atom stereocenters. The summed E-state index contributed by atoms with van der Waals surface area (Å²) >= 11 is 0. The molecule has 0 aromatic heterocycles. The van der Waals surface area contributed by atoms with E-state index in [1.165, 1.54) is 0 Å². The Morgan fingerprint density at radius 2 is 1.50 bits per heavy atom. The number of halogens is 1. The van der Waals surface area contributed by atoms with Crippen molar-refractivity contribution in [3.05, 3.63) is 0 Å². The predicted octanol–water partition coefficient (Wildman–Crippen LogP) is -1.40. The second-order valence-corrected chi connectivity index (χ2v) is 1.42. The molecular formula is H6FGeO3P. The minimum atomic E-state index is -5.14. The molecule has 6 heteroatoms. The summed E-state index contributed by atoms with van der Waals surface area (Å²) in [4.78, 5) is 13.9. The fourth-order valence-electron chi connectivity index (χ4n) is 0. The van der Waals surface area contributed by atoms with Gasteiger partial charge in [-0.05, 0) is 0 Å². The van der Waals surface area contributed by atoms with Gasteiger partial charge in [0.25, 0.3) is 0 Å². The van der Waals surface area contributed by atoms with E-state index in [2.05, 4.69) is 0 Å². The van der Waals surface area contributed by atoms with Crippen LogP contribution in [0.1, 0.15) is 0 Å². The zero-order chi connectivity index (χ0) is 4.50. The average Bonchev–Trinajstić information content (AvgIpc) is 0.722. The third-order valence-corrected chi connectivity index (χ3v) is 0. The summed E-state index contributed by atoms with van der Waals surface area (Å²) in [5, 5.41) is 0. The summed E-state index contributed by atoms with van der Waals surface area (Å²) in [5.41, 5.74) is 0. The van der Waals surface area contributed by atoms with Crippen LogP contribution in [0.25, 0.3) is 0 Å². The van der Waals surface area contributed by atoms with Crippen molar-refractivity contribution < 1.29 is 18.5 Å². The van der Waals surface area contributed by atoms with Crippen LogP contribution in [0.5, 0.6) is 0 Å². The zero-order valence-corrected chi connectivity index (χ0v) is 3.02. The normalized spacial score (nSPS) is 9.83. The van der Waals surface area contributed by atoms with Gasteiger partial charge in [0, 0.05) is 0 Å². The molecule has 0 bridgehead atoms. The van der Waals surface area contributed by atoms with Crippen LogP contribution < -0.4 is 0 Å². The van der Waals surface area contributed by atoms with Crippen molar-refractivity contribution in [3.8, 4) is 0 Å². The Hall–Kier alpha value is 0.623. The zero-order valence-electron chi connectivity index (χ0n) is 2.13. The van der Waals surface area contributed by atoms with E-state index in [1.54, 1.807) is 0 Å². The third-order valence-electron chi connectivity index (χ3n) is 0. The van der Waals surface area contributed by atoms with E-state index in [4.69, 9.17) is 14.4 Å².